The van der Waals surface area contributed by atoms with Gasteiger partial charge < -0.3 is 20.4 Å². The van der Waals surface area contributed by atoms with Crippen LogP contribution in [0.5, 0.6) is 0 Å². The quantitative estimate of drug-likeness (QED) is 0.700. The number of anilines is 1. The van der Waals surface area contributed by atoms with Crippen molar-refractivity contribution in [1.82, 2.24) is 4.90 Å². The van der Waals surface area contributed by atoms with Gasteiger partial charge in [-0.3, -0.25) is 4.79 Å². The molecule has 2 unspecified atom stereocenters. The second kappa shape index (κ2) is 7.87. The molecule has 158 valence electrons. The molecule has 6 nitrogen and oxygen atoms in total. The van der Waals surface area contributed by atoms with E-state index in [0.717, 1.165) is 28.1 Å². The highest BCUT2D eigenvalue weighted by molar-refractivity contribution is 7.12. The lowest BCUT2D eigenvalue weighted by Gasteiger charge is -2.25. The molecule has 2 aliphatic rings. The minimum atomic E-state index is -0.533. The fraction of sp³-hybridized carbons (Fsp3) is 0.435. The summed E-state index contributed by atoms with van der Waals surface area (Å²) in [4.78, 5) is 27.8. The molecule has 1 aromatic carbocycles. The Balaban J connectivity index is 1.49. The van der Waals surface area contributed by atoms with E-state index in [-0.39, 0.29) is 23.8 Å². The highest BCUT2D eigenvalue weighted by Crippen LogP contribution is 2.41. The molecule has 7 heteroatoms. The molecule has 0 bridgehead atoms. The molecule has 0 aliphatic carbocycles. The van der Waals surface area contributed by atoms with E-state index >= 15 is 0 Å². The van der Waals surface area contributed by atoms with Crippen LogP contribution in [-0.2, 0) is 16.0 Å². The predicted octanol–water partition coefficient (Wildman–Crippen LogP) is 4.65. The van der Waals surface area contributed by atoms with E-state index in [2.05, 4.69) is 11.4 Å². The summed E-state index contributed by atoms with van der Waals surface area (Å²) in [6, 6.07) is 9.87. The van der Waals surface area contributed by atoms with Gasteiger partial charge in [0, 0.05) is 30.1 Å². The Labute approximate surface area is 180 Å². The van der Waals surface area contributed by atoms with Gasteiger partial charge in [0.2, 0.25) is 5.91 Å². The third kappa shape index (κ3) is 4.26. The molecule has 4 rings (SSSR count). The van der Waals surface area contributed by atoms with E-state index in [0.29, 0.717) is 25.2 Å². The Morgan fingerprint density at radius 3 is 2.83 bits per heavy atom. The summed E-state index contributed by atoms with van der Waals surface area (Å²) in [6.45, 7) is 6.68. The van der Waals surface area contributed by atoms with E-state index < -0.39 is 5.60 Å². The van der Waals surface area contributed by atoms with Crippen LogP contribution in [0, 0.1) is 11.3 Å². The summed E-state index contributed by atoms with van der Waals surface area (Å²) >= 11 is 1.56. The van der Waals surface area contributed by atoms with Gasteiger partial charge in [0.25, 0.3) is 0 Å². The molecule has 2 aliphatic heterocycles. The average molecular weight is 426 g/mol. The van der Waals surface area contributed by atoms with Crippen molar-refractivity contribution in [2.24, 2.45) is 5.92 Å². The number of hydrogen-bond donors (Lipinski definition) is 2. The number of fused-ring (bicyclic) bond motifs is 1. The summed E-state index contributed by atoms with van der Waals surface area (Å²) < 4.78 is 5.49. The zero-order valence-electron chi connectivity index (χ0n) is 17.5. The second-order valence-corrected chi connectivity index (χ2v) is 9.94. The molecule has 1 fully saturated rings. The lowest BCUT2D eigenvalue weighted by atomic mass is 9.85. The zero-order valence-corrected chi connectivity index (χ0v) is 18.3. The van der Waals surface area contributed by atoms with Crippen molar-refractivity contribution in [2.75, 3.05) is 18.4 Å². The lowest BCUT2D eigenvalue weighted by Crippen LogP contribution is -2.36. The summed E-state index contributed by atoms with van der Waals surface area (Å²) in [5.74, 6) is -0.222. The molecular weight excluding hydrogens is 398 g/mol. The van der Waals surface area contributed by atoms with Gasteiger partial charge in [-0.1, -0.05) is 18.2 Å². The smallest absolute Gasteiger partial charge is 0.410 e. The van der Waals surface area contributed by atoms with E-state index in [9.17, 15) is 9.59 Å². The van der Waals surface area contributed by atoms with Gasteiger partial charge in [0.1, 0.15) is 5.60 Å². The van der Waals surface area contributed by atoms with Crippen LogP contribution in [0.2, 0.25) is 0 Å². The summed E-state index contributed by atoms with van der Waals surface area (Å²) in [5.41, 5.74) is 2.89. The van der Waals surface area contributed by atoms with E-state index in [1.54, 1.807) is 16.2 Å². The van der Waals surface area contributed by atoms with Gasteiger partial charge in [-0.2, -0.15) is 0 Å². The fourth-order valence-corrected chi connectivity index (χ4v) is 4.88. The highest BCUT2D eigenvalue weighted by Gasteiger charge is 2.41. The van der Waals surface area contributed by atoms with E-state index in [4.69, 9.17) is 10.1 Å². The predicted molar refractivity (Wildman–Crippen MR) is 119 cm³/mol. The van der Waals surface area contributed by atoms with Gasteiger partial charge in [-0.25, -0.2) is 4.79 Å². The molecule has 2 aromatic rings. The topological polar surface area (TPSA) is 82.5 Å². The van der Waals surface area contributed by atoms with E-state index in [1.165, 1.54) is 0 Å². The molecule has 3 heterocycles. The first kappa shape index (κ1) is 20.6. The van der Waals surface area contributed by atoms with Crippen LogP contribution in [0.4, 0.5) is 10.5 Å². The Morgan fingerprint density at radius 2 is 2.13 bits per heavy atom. The maximum Gasteiger partial charge on any atom is 0.410 e. The van der Waals surface area contributed by atoms with Crippen LogP contribution in [0.1, 0.15) is 49.1 Å². The van der Waals surface area contributed by atoms with Crippen LogP contribution in [0.3, 0.4) is 0 Å². The van der Waals surface area contributed by atoms with Gasteiger partial charge in [0.15, 0.2) is 0 Å². The number of hydrogen-bond acceptors (Lipinski definition) is 5. The monoisotopic (exact) mass is 425 g/mol. The average Bonchev–Trinajstić information content (AvgIpc) is 3.39. The molecule has 2 atom stereocenters. The number of thiophene rings is 1. The standard InChI is InChI=1S/C23H27N3O3S/c1-23(2,3)29-22(28)26-9-8-15(13-26)20-16-11-14(6-7-18(16)25-21(20)27)12-17(24)19-5-4-10-30-19/h4-7,10-11,15,20,24H,8-9,12-13H2,1-3H3,(H,25,27). The zero-order chi connectivity index (χ0) is 21.5. The molecule has 2 amide bonds. The van der Waals surface area contributed by atoms with Crippen LogP contribution >= 0.6 is 11.3 Å². The summed E-state index contributed by atoms with van der Waals surface area (Å²) in [5, 5.41) is 13.3. The number of rotatable bonds is 4. The Kier molecular flexibility index (Phi) is 5.40. The molecule has 2 N–H and O–H groups in total. The highest BCUT2D eigenvalue weighted by atomic mass is 32.1. The minimum absolute atomic E-state index is 0.00785. The number of likely N-dealkylation sites (tertiary alicyclic amines) is 1. The molecule has 0 radical (unpaired) electrons. The number of ether oxygens (including phenoxy) is 1. The van der Waals surface area contributed by atoms with E-state index in [1.807, 2.05) is 50.4 Å². The third-order valence-electron chi connectivity index (χ3n) is 5.54. The van der Waals surface area contributed by atoms with Crippen molar-refractivity contribution in [3.63, 3.8) is 0 Å². The molecule has 30 heavy (non-hydrogen) atoms. The van der Waals surface area contributed by atoms with Gasteiger partial charge in [-0.05, 0) is 61.7 Å². The van der Waals surface area contributed by atoms with Crippen molar-refractivity contribution >= 4 is 34.7 Å². The number of benzene rings is 1. The molecule has 1 aromatic heterocycles. The Morgan fingerprint density at radius 1 is 1.33 bits per heavy atom. The number of carbonyl (C=O) groups excluding carboxylic acids is 2. The maximum absolute atomic E-state index is 12.8. The number of nitrogens with one attached hydrogen (secondary N) is 2. The fourth-order valence-electron chi connectivity index (χ4n) is 4.21. The lowest BCUT2D eigenvalue weighted by molar-refractivity contribution is -0.118. The normalized spacial score (nSPS) is 20.8. The van der Waals surface area contributed by atoms with Crippen LogP contribution < -0.4 is 5.32 Å². The first-order valence-electron chi connectivity index (χ1n) is 10.2. The third-order valence-corrected chi connectivity index (χ3v) is 6.47. The summed E-state index contributed by atoms with van der Waals surface area (Å²) in [7, 11) is 0. The van der Waals surface area contributed by atoms with Crippen LogP contribution in [0.15, 0.2) is 35.7 Å². The first-order valence-corrected chi connectivity index (χ1v) is 11.1. The first-order chi connectivity index (χ1) is 14.2. The van der Waals surface area contributed by atoms with Gasteiger partial charge in [0.05, 0.1) is 11.6 Å². The van der Waals surface area contributed by atoms with Gasteiger partial charge >= 0.3 is 6.09 Å². The van der Waals surface area contributed by atoms with Crippen molar-refractivity contribution in [1.29, 1.82) is 5.41 Å². The molecule has 0 spiro atoms. The largest absolute Gasteiger partial charge is 0.444 e. The Hall–Kier alpha value is -2.67. The number of carbonyl (C=O) groups is 2. The molecule has 0 saturated carbocycles. The summed E-state index contributed by atoms with van der Waals surface area (Å²) in [6.07, 6.45) is 0.983. The van der Waals surface area contributed by atoms with Crippen molar-refractivity contribution in [2.45, 2.75) is 45.1 Å². The minimum Gasteiger partial charge on any atom is -0.444 e. The SMILES string of the molecule is CC(C)(C)OC(=O)N1CCC(C2C(=O)Nc3ccc(CC(=N)c4cccs4)cc32)C1. The van der Waals surface area contributed by atoms with Crippen molar-refractivity contribution < 1.29 is 14.3 Å². The van der Waals surface area contributed by atoms with Crippen molar-refractivity contribution in [3.05, 3.63) is 51.7 Å². The van der Waals surface area contributed by atoms with Crippen LogP contribution in [-0.4, -0.2) is 41.3 Å². The van der Waals surface area contributed by atoms with Crippen LogP contribution in [0.25, 0.3) is 0 Å². The second-order valence-electron chi connectivity index (χ2n) is 9.00. The van der Waals surface area contributed by atoms with Gasteiger partial charge in [-0.15, -0.1) is 11.3 Å². The number of nitrogens with zero attached hydrogens (tertiary/aromatic N) is 1. The van der Waals surface area contributed by atoms with Crippen molar-refractivity contribution in [3.8, 4) is 0 Å². The maximum atomic E-state index is 12.8. The molecule has 1 saturated heterocycles. The molecular formula is C23H27N3O3S. The number of amides is 2. The Bertz CT molecular complexity index is 978.